The number of carbonyl (C=O) groups excluding carboxylic acids is 2. The molecule has 0 aromatic carbocycles. The van der Waals surface area contributed by atoms with Crippen LogP contribution in [0.4, 0.5) is 0 Å². The Hall–Kier alpha value is -1.66. The molecule has 0 heterocycles. The highest BCUT2D eigenvalue weighted by Gasteiger charge is 2.18. The predicted octanol–water partition coefficient (Wildman–Crippen LogP) is 20.2. The van der Waals surface area contributed by atoms with E-state index in [9.17, 15) is 19.8 Å². The summed E-state index contributed by atoms with van der Waals surface area (Å²) in [6.07, 6.45) is 75.1. The molecule has 1 amide bonds. The smallest absolute Gasteiger partial charge is 0.305 e. The molecular weight excluding hydrogens is 875 g/mol. The molecule has 71 heavy (non-hydrogen) atoms. The molecule has 0 aromatic heterocycles. The average Bonchev–Trinajstić information content (AvgIpc) is 3.37. The lowest BCUT2D eigenvalue weighted by atomic mass is 10.0. The van der Waals surface area contributed by atoms with Gasteiger partial charge in [0.1, 0.15) is 0 Å². The minimum Gasteiger partial charge on any atom is -0.466 e. The fourth-order valence-corrected chi connectivity index (χ4v) is 10.0. The number of carbonyl (C=O) groups is 2. The summed E-state index contributed by atoms with van der Waals surface area (Å²) < 4.78 is 5.48. The molecule has 0 aliphatic heterocycles. The van der Waals surface area contributed by atoms with Crippen molar-refractivity contribution in [2.24, 2.45) is 0 Å². The molecule has 0 saturated heterocycles. The Morgan fingerprint density at radius 1 is 0.380 bits per heavy atom. The van der Waals surface area contributed by atoms with Crippen LogP contribution >= 0.6 is 0 Å². The maximum absolute atomic E-state index is 12.5. The molecule has 0 saturated carbocycles. The molecular formula is C65H125NO5. The minimum absolute atomic E-state index is 0.0149. The van der Waals surface area contributed by atoms with Crippen LogP contribution < -0.4 is 5.32 Å². The Morgan fingerprint density at radius 2 is 0.662 bits per heavy atom. The molecule has 3 N–H and O–H groups in total. The van der Waals surface area contributed by atoms with Crippen molar-refractivity contribution in [3.63, 3.8) is 0 Å². The van der Waals surface area contributed by atoms with Crippen molar-refractivity contribution in [3.05, 3.63) is 24.3 Å². The van der Waals surface area contributed by atoms with Crippen molar-refractivity contribution >= 4 is 11.9 Å². The van der Waals surface area contributed by atoms with Gasteiger partial charge in [-0.25, -0.2) is 0 Å². The Balaban J connectivity index is 3.41. The number of amides is 1. The molecule has 0 aromatic rings. The molecule has 2 atom stereocenters. The summed E-state index contributed by atoms with van der Waals surface area (Å²) in [6, 6.07) is -0.630. The van der Waals surface area contributed by atoms with Crippen LogP contribution in [0.1, 0.15) is 354 Å². The van der Waals surface area contributed by atoms with Crippen molar-refractivity contribution in [3.8, 4) is 0 Å². The van der Waals surface area contributed by atoms with Gasteiger partial charge < -0.3 is 20.3 Å². The molecule has 0 radical (unpaired) electrons. The Labute approximate surface area is 443 Å². The van der Waals surface area contributed by atoms with Crippen LogP contribution in [0.5, 0.6) is 0 Å². The molecule has 6 heteroatoms. The summed E-state index contributed by atoms with van der Waals surface area (Å²) in [4.78, 5) is 24.5. The lowest BCUT2D eigenvalue weighted by Crippen LogP contribution is -2.45. The number of allylic oxidation sites excluding steroid dienone is 3. The van der Waals surface area contributed by atoms with E-state index in [1.54, 1.807) is 6.08 Å². The average molecular weight is 1000 g/mol. The highest BCUT2D eigenvalue weighted by atomic mass is 16.5. The van der Waals surface area contributed by atoms with Crippen LogP contribution in [0.25, 0.3) is 0 Å². The van der Waals surface area contributed by atoms with Gasteiger partial charge >= 0.3 is 5.97 Å². The fourth-order valence-electron chi connectivity index (χ4n) is 10.0. The first-order chi connectivity index (χ1) is 35.0. The first kappa shape index (κ1) is 69.3. The van der Waals surface area contributed by atoms with Crippen LogP contribution in [0.15, 0.2) is 24.3 Å². The zero-order valence-electron chi connectivity index (χ0n) is 48.0. The van der Waals surface area contributed by atoms with Gasteiger partial charge in [-0.1, -0.05) is 308 Å². The zero-order valence-corrected chi connectivity index (χ0v) is 48.0. The summed E-state index contributed by atoms with van der Waals surface area (Å²) in [5.41, 5.74) is 0. The van der Waals surface area contributed by atoms with Gasteiger partial charge in [-0.15, -0.1) is 0 Å². The predicted molar refractivity (Wildman–Crippen MR) is 310 cm³/mol. The lowest BCUT2D eigenvalue weighted by Gasteiger charge is -2.20. The highest BCUT2D eigenvalue weighted by Crippen LogP contribution is 2.18. The second-order valence-electron chi connectivity index (χ2n) is 22.1. The lowest BCUT2D eigenvalue weighted by molar-refractivity contribution is -0.143. The summed E-state index contributed by atoms with van der Waals surface area (Å²) >= 11 is 0. The van der Waals surface area contributed by atoms with Crippen molar-refractivity contribution in [2.45, 2.75) is 366 Å². The number of unbranched alkanes of at least 4 members (excludes halogenated alkanes) is 47. The van der Waals surface area contributed by atoms with Crippen molar-refractivity contribution in [2.75, 3.05) is 13.2 Å². The van der Waals surface area contributed by atoms with Gasteiger partial charge in [-0.3, -0.25) is 9.59 Å². The molecule has 0 fully saturated rings. The second-order valence-corrected chi connectivity index (χ2v) is 22.1. The van der Waals surface area contributed by atoms with E-state index in [4.69, 9.17) is 4.74 Å². The van der Waals surface area contributed by atoms with E-state index in [0.717, 1.165) is 38.5 Å². The number of hydrogen-bond donors (Lipinski definition) is 3. The monoisotopic (exact) mass is 1000 g/mol. The van der Waals surface area contributed by atoms with Crippen molar-refractivity contribution < 1.29 is 24.5 Å². The normalized spacial score (nSPS) is 12.7. The molecule has 0 aliphatic carbocycles. The van der Waals surface area contributed by atoms with Gasteiger partial charge in [0, 0.05) is 12.8 Å². The van der Waals surface area contributed by atoms with Gasteiger partial charge in [0.25, 0.3) is 0 Å². The van der Waals surface area contributed by atoms with Gasteiger partial charge in [0.05, 0.1) is 25.4 Å². The number of ether oxygens (including phenoxy) is 1. The number of hydrogen-bond acceptors (Lipinski definition) is 5. The van der Waals surface area contributed by atoms with Crippen LogP contribution in [0.3, 0.4) is 0 Å². The standard InChI is InChI=1S/C65H125NO5/c1-3-5-7-9-11-13-15-17-18-30-34-37-41-45-49-53-57-63(68)62(61-67)66-64(69)58-54-50-46-42-38-35-31-28-26-24-22-20-19-21-23-25-27-29-32-36-40-44-48-52-56-60-71-65(70)59-55-51-47-43-39-33-16-14-12-10-8-6-4-2/h20,22,53,57,62-63,67-68H,3-19,21,23-52,54-56,58-61H2,1-2H3,(H,66,69)/b22-20-,57-53+. The zero-order chi connectivity index (χ0) is 51.4. The molecule has 6 nitrogen and oxygen atoms in total. The Kier molecular flexibility index (Phi) is 59.5. The quantitative estimate of drug-likeness (QED) is 0.0320. The van der Waals surface area contributed by atoms with Crippen LogP contribution in [-0.2, 0) is 14.3 Å². The molecule has 2 unspecified atom stereocenters. The number of esters is 1. The van der Waals surface area contributed by atoms with Gasteiger partial charge in [0.15, 0.2) is 0 Å². The fraction of sp³-hybridized carbons (Fsp3) is 0.908. The van der Waals surface area contributed by atoms with Gasteiger partial charge in [-0.2, -0.15) is 0 Å². The summed E-state index contributed by atoms with van der Waals surface area (Å²) in [5, 5.41) is 23.1. The first-order valence-electron chi connectivity index (χ1n) is 32.1. The topological polar surface area (TPSA) is 95.9 Å². The minimum atomic E-state index is -0.846. The SMILES string of the molecule is CCCCCCCCCCCCCCCC/C=C/C(O)C(CO)NC(=O)CCCCCCCCCCC/C=C\CCCCCCCCCCCCCCOC(=O)CCCCCCCCCCCCCCC. The number of rotatable bonds is 60. The summed E-state index contributed by atoms with van der Waals surface area (Å²) in [5.74, 6) is -0.0539. The van der Waals surface area contributed by atoms with Gasteiger partial charge in [0.2, 0.25) is 5.91 Å². The Morgan fingerprint density at radius 3 is 1.00 bits per heavy atom. The van der Waals surface area contributed by atoms with Crippen LogP contribution in [0.2, 0.25) is 0 Å². The molecule has 0 rings (SSSR count). The third-order valence-corrected chi connectivity index (χ3v) is 15.0. The van der Waals surface area contributed by atoms with E-state index in [-0.39, 0.29) is 18.5 Å². The van der Waals surface area contributed by atoms with E-state index >= 15 is 0 Å². The van der Waals surface area contributed by atoms with Gasteiger partial charge in [-0.05, 0) is 57.8 Å². The van der Waals surface area contributed by atoms with Crippen LogP contribution in [-0.4, -0.2) is 47.4 Å². The van der Waals surface area contributed by atoms with E-state index in [1.165, 1.54) is 289 Å². The van der Waals surface area contributed by atoms with Crippen LogP contribution in [0, 0.1) is 0 Å². The van der Waals surface area contributed by atoms with E-state index in [0.29, 0.717) is 19.4 Å². The molecule has 420 valence electrons. The largest absolute Gasteiger partial charge is 0.466 e. The highest BCUT2D eigenvalue weighted by molar-refractivity contribution is 5.76. The maximum Gasteiger partial charge on any atom is 0.305 e. The molecule has 0 aliphatic rings. The molecule has 0 bridgehead atoms. The first-order valence-corrected chi connectivity index (χ1v) is 32.1. The van der Waals surface area contributed by atoms with Crippen molar-refractivity contribution in [1.82, 2.24) is 5.32 Å². The third kappa shape index (κ3) is 57.5. The second kappa shape index (κ2) is 60.9. The summed E-state index contributed by atoms with van der Waals surface area (Å²) in [6.45, 7) is 4.93. The number of aliphatic hydroxyl groups is 2. The third-order valence-electron chi connectivity index (χ3n) is 15.0. The van der Waals surface area contributed by atoms with E-state index in [1.807, 2.05) is 6.08 Å². The number of nitrogens with one attached hydrogen (secondary N) is 1. The molecule has 0 spiro atoms. The maximum atomic E-state index is 12.5. The summed E-state index contributed by atoms with van der Waals surface area (Å²) in [7, 11) is 0. The van der Waals surface area contributed by atoms with E-state index in [2.05, 4.69) is 31.3 Å². The van der Waals surface area contributed by atoms with Crippen molar-refractivity contribution in [1.29, 1.82) is 0 Å². The number of aliphatic hydroxyl groups excluding tert-OH is 2. The van der Waals surface area contributed by atoms with E-state index < -0.39 is 12.1 Å². The Bertz CT molecular complexity index is 1110.